The van der Waals surface area contributed by atoms with Crippen molar-refractivity contribution in [2.45, 2.75) is 12.8 Å². The van der Waals surface area contributed by atoms with E-state index in [9.17, 15) is 14.7 Å². The average molecular weight is 235 g/mol. The molecule has 0 radical (unpaired) electrons. The Bertz CT molecular complexity index is 496. The monoisotopic (exact) mass is 235 g/mol. The number of phenolic OH excluding ortho intramolecular Hbond substituents is 1. The number of carbonyl (C=O) groups is 2. The van der Waals surface area contributed by atoms with Gasteiger partial charge in [-0.1, -0.05) is 0 Å². The predicted molar refractivity (Wildman–Crippen MR) is 61.2 cm³/mol. The minimum atomic E-state index is -0.579. The highest BCUT2D eigenvalue weighted by atomic mass is 16.5. The Kier molecular flexibility index (Phi) is 2.75. The zero-order valence-electron chi connectivity index (χ0n) is 9.69. The number of hydrogen-bond acceptors (Lipinski definition) is 4. The van der Waals surface area contributed by atoms with Gasteiger partial charge in [-0.2, -0.15) is 0 Å². The van der Waals surface area contributed by atoms with Crippen molar-refractivity contribution in [3.63, 3.8) is 0 Å². The first-order valence-corrected chi connectivity index (χ1v) is 5.26. The molecule has 1 aromatic carbocycles. The number of aromatic hydroxyl groups is 1. The summed E-state index contributed by atoms with van der Waals surface area (Å²) in [5.74, 6) is -0.665. The first-order valence-electron chi connectivity index (χ1n) is 5.26. The highest BCUT2D eigenvalue weighted by Crippen LogP contribution is 2.36. The minimum Gasteiger partial charge on any atom is -0.507 e. The number of benzene rings is 1. The summed E-state index contributed by atoms with van der Waals surface area (Å²) in [6.45, 7) is 0. The number of fused-ring (bicyclic) bond motifs is 1. The van der Waals surface area contributed by atoms with E-state index in [1.165, 1.54) is 18.1 Å². The van der Waals surface area contributed by atoms with Crippen LogP contribution in [0.25, 0.3) is 0 Å². The standard InChI is InChI=1S/C12H13NO4/c1-13-9-5-3-8(12(16)17-2)11(15)7(9)4-6-10(13)14/h3,5,15H,4,6H2,1-2H3. The van der Waals surface area contributed by atoms with Gasteiger partial charge in [0.25, 0.3) is 0 Å². The van der Waals surface area contributed by atoms with Gasteiger partial charge in [0.1, 0.15) is 11.3 Å². The molecule has 0 saturated heterocycles. The summed E-state index contributed by atoms with van der Waals surface area (Å²) in [5.41, 5.74) is 1.40. The second kappa shape index (κ2) is 4.08. The van der Waals surface area contributed by atoms with E-state index in [-0.39, 0.29) is 17.2 Å². The average Bonchev–Trinajstić information content (AvgIpc) is 2.33. The maximum absolute atomic E-state index is 11.5. The van der Waals surface area contributed by atoms with E-state index in [0.29, 0.717) is 24.1 Å². The third-order valence-corrected chi connectivity index (χ3v) is 2.99. The summed E-state index contributed by atoms with van der Waals surface area (Å²) in [4.78, 5) is 24.4. The minimum absolute atomic E-state index is 0.00252. The lowest BCUT2D eigenvalue weighted by Crippen LogP contribution is -2.31. The van der Waals surface area contributed by atoms with Crippen molar-refractivity contribution in [2.24, 2.45) is 0 Å². The topological polar surface area (TPSA) is 66.8 Å². The maximum Gasteiger partial charge on any atom is 0.341 e. The van der Waals surface area contributed by atoms with E-state index in [2.05, 4.69) is 4.74 Å². The Hall–Kier alpha value is -2.04. The Morgan fingerprint density at radius 1 is 1.41 bits per heavy atom. The van der Waals surface area contributed by atoms with Crippen molar-refractivity contribution < 1.29 is 19.4 Å². The van der Waals surface area contributed by atoms with Gasteiger partial charge in [-0.05, 0) is 18.6 Å². The molecule has 0 fully saturated rings. The number of nitrogens with zero attached hydrogens (tertiary/aromatic N) is 1. The fourth-order valence-electron chi connectivity index (χ4n) is 2.00. The first-order chi connectivity index (χ1) is 8.06. The SMILES string of the molecule is COC(=O)c1ccc2c(c1O)CCC(=O)N2C. The third kappa shape index (κ3) is 1.73. The molecular weight excluding hydrogens is 222 g/mol. The molecule has 0 atom stereocenters. The quantitative estimate of drug-likeness (QED) is 0.740. The second-order valence-corrected chi connectivity index (χ2v) is 3.90. The van der Waals surface area contributed by atoms with Crippen LogP contribution in [-0.2, 0) is 16.0 Å². The molecule has 5 nitrogen and oxygen atoms in total. The van der Waals surface area contributed by atoms with Gasteiger partial charge in [0.15, 0.2) is 0 Å². The molecule has 1 N–H and O–H groups in total. The summed E-state index contributed by atoms with van der Waals surface area (Å²) in [7, 11) is 2.91. The normalized spacial score (nSPS) is 14.5. The van der Waals surface area contributed by atoms with Crippen molar-refractivity contribution in [3.8, 4) is 5.75 Å². The number of anilines is 1. The highest BCUT2D eigenvalue weighted by Gasteiger charge is 2.26. The van der Waals surface area contributed by atoms with Crippen LogP contribution in [0.5, 0.6) is 5.75 Å². The van der Waals surface area contributed by atoms with Crippen LogP contribution in [0.4, 0.5) is 5.69 Å². The molecule has 0 saturated carbocycles. The highest BCUT2D eigenvalue weighted by molar-refractivity contribution is 5.99. The fourth-order valence-corrected chi connectivity index (χ4v) is 2.00. The van der Waals surface area contributed by atoms with E-state index >= 15 is 0 Å². The van der Waals surface area contributed by atoms with Crippen LogP contribution in [0.15, 0.2) is 12.1 Å². The lowest BCUT2D eigenvalue weighted by molar-refractivity contribution is -0.118. The van der Waals surface area contributed by atoms with E-state index in [4.69, 9.17) is 0 Å². The molecule has 0 aromatic heterocycles. The fraction of sp³-hybridized carbons (Fsp3) is 0.333. The van der Waals surface area contributed by atoms with Gasteiger partial charge in [-0.3, -0.25) is 4.79 Å². The van der Waals surface area contributed by atoms with E-state index < -0.39 is 5.97 Å². The van der Waals surface area contributed by atoms with Crippen LogP contribution in [0.1, 0.15) is 22.3 Å². The van der Waals surface area contributed by atoms with Gasteiger partial charge in [0.05, 0.1) is 12.8 Å². The van der Waals surface area contributed by atoms with Crippen LogP contribution < -0.4 is 4.90 Å². The summed E-state index contributed by atoms with van der Waals surface area (Å²) in [6, 6.07) is 3.12. The predicted octanol–water partition coefficient (Wildman–Crippen LogP) is 1.09. The van der Waals surface area contributed by atoms with Crippen molar-refractivity contribution in [1.29, 1.82) is 0 Å². The van der Waals surface area contributed by atoms with E-state index in [1.54, 1.807) is 13.1 Å². The third-order valence-electron chi connectivity index (χ3n) is 2.99. The Balaban J connectivity index is 2.53. The summed E-state index contributed by atoms with van der Waals surface area (Å²) < 4.78 is 4.58. The number of phenols is 1. The molecule has 2 rings (SSSR count). The molecule has 1 aliphatic rings. The van der Waals surface area contributed by atoms with Crippen LogP contribution in [-0.4, -0.2) is 31.1 Å². The number of esters is 1. The molecule has 1 amide bonds. The lowest BCUT2D eigenvalue weighted by Gasteiger charge is -2.26. The van der Waals surface area contributed by atoms with Crippen molar-refractivity contribution >= 4 is 17.6 Å². The van der Waals surface area contributed by atoms with Gasteiger partial charge in [0.2, 0.25) is 5.91 Å². The molecule has 1 aromatic rings. The smallest absolute Gasteiger partial charge is 0.341 e. The van der Waals surface area contributed by atoms with E-state index in [0.717, 1.165) is 0 Å². The van der Waals surface area contributed by atoms with Gasteiger partial charge in [-0.25, -0.2) is 4.79 Å². The molecule has 1 aliphatic heterocycles. The van der Waals surface area contributed by atoms with Crippen molar-refractivity contribution in [1.82, 2.24) is 0 Å². The van der Waals surface area contributed by atoms with Crippen LogP contribution in [0.2, 0.25) is 0 Å². The molecule has 5 heteroatoms. The molecule has 1 heterocycles. The summed E-state index contributed by atoms with van der Waals surface area (Å²) in [5, 5.41) is 10.0. The summed E-state index contributed by atoms with van der Waals surface area (Å²) in [6.07, 6.45) is 0.775. The first kappa shape index (κ1) is 11.4. The number of hydrogen-bond donors (Lipinski definition) is 1. The maximum atomic E-state index is 11.5. The van der Waals surface area contributed by atoms with Crippen molar-refractivity contribution in [3.05, 3.63) is 23.3 Å². The number of carbonyl (C=O) groups excluding carboxylic acids is 2. The molecular formula is C12H13NO4. The molecule has 17 heavy (non-hydrogen) atoms. The van der Waals surface area contributed by atoms with E-state index in [1.807, 2.05) is 0 Å². The second-order valence-electron chi connectivity index (χ2n) is 3.90. The van der Waals surface area contributed by atoms with Crippen molar-refractivity contribution in [2.75, 3.05) is 19.1 Å². The molecule has 0 bridgehead atoms. The van der Waals surface area contributed by atoms with Gasteiger partial charge in [-0.15, -0.1) is 0 Å². The van der Waals surface area contributed by atoms with Gasteiger partial charge in [0, 0.05) is 19.0 Å². The van der Waals surface area contributed by atoms with Crippen LogP contribution >= 0.6 is 0 Å². The molecule has 0 spiro atoms. The van der Waals surface area contributed by atoms with Crippen LogP contribution in [0.3, 0.4) is 0 Å². The van der Waals surface area contributed by atoms with Gasteiger partial charge < -0.3 is 14.7 Å². The Labute approximate surface area is 98.6 Å². The molecule has 0 aliphatic carbocycles. The Morgan fingerprint density at radius 3 is 2.76 bits per heavy atom. The zero-order chi connectivity index (χ0) is 12.6. The summed E-state index contributed by atoms with van der Waals surface area (Å²) >= 11 is 0. The lowest BCUT2D eigenvalue weighted by atomic mass is 9.97. The van der Waals surface area contributed by atoms with Crippen LogP contribution in [0, 0.1) is 0 Å². The zero-order valence-corrected chi connectivity index (χ0v) is 9.69. The number of methoxy groups -OCH3 is 1. The number of ether oxygens (including phenoxy) is 1. The molecule has 90 valence electrons. The molecule has 0 unspecified atom stereocenters. The van der Waals surface area contributed by atoms with Gasteiger partial charge >= 0.3 is 5.97 Å². The largest absolute Gasteiger partial charge is 0.507 e. The number of amides is 1. The number of rotatable bonds is 1. The Morgan fingerprint density at radius 2 is 2.12 bits per heavy atom.